The van der Waals surface area contributed by atoms with Gasteiger partial charge in [0.2, 0.25) is 0 Å². The molecule has 0 amide bonds. The summed E-state index contributed by atoms with van der Waals surface area (Å²) in [6.07, 6.45) is 11.5. The molecule has 0 atom stereocenters. The molecule has 0 unspecified atom stereocenters. The summed E-state index contributed by atoms with van der Waals surface area (Å²) in [4.78, 5) is 15.4. The number of pyridine rings is 1. The van der Waals surface area contributed by atoms with Crippen LogP contribution in [-0.2, 0) is 6.54 Å². The highest BCUT2D eigenvalue weighted by atomic mass is 16.1. The Labute approximate surface area is 178 Å². The topological polar surface area (TPSA) is 43.1 Å². The fourth-order valence-electron chi connectivity index (χ4n) is 5.20. The number of hydrogen-bond donors (Lipinski definition) is 0. The van der Waals surface area contributed by atoms with Gasteiger partial charge in [0.15, 0.2) is 0 Å². The number of hydrogen-bond acceptors (Lipinski definition) is 3. The van der Waals surface area contributed by atoms with Gasteiger partial charge in [0.25, 0.3) is 5.56 Å². The van der Waals surface area contributed by atoms with E-state index in [4.69, 9.17) is 0 Å². The summed E-state index contributed by atoms with van der Waals surface area (Å²) in [5.74, 6) is 1.37. The SMILES string of the molecule is CC1CCC(c2ccn(-c3ccc4c(cnn4CCN4CCCC4)c3)c(=O)c2)CC1. The van der Waals surface area contributed by atoms with Gasteiger partial charge in [0, 0.05) is 29.9 Å². The molecule has 30 heavy (non-hydrogen) atoms. The first-order chi connectivity index (χ1) is 14.7. The Morgan fingerprint density at radius 1 is 1.00 bits per heavy atom. The summed E-state index contributed by atoms with van der Waals surface area (Å²) in [5, 5.41) is 5.69. The number of benzene rings is 1. The second-order valence-electron chi connectivity index (χ2n) is 9.28. The van der Waals surface area contributed by atoms with Crippen molar-refractivity contribution < 1.29 is 0 Å². The van der Waals surface area contributed by atoms with Crippen molar-refractivity contribution in [3.05, 3.63) is 58.6 Å². The van der Waals surface area contributed by atoms with Crippen LogP contribution >= 0.6 is 0 Å². The molecule has 2 fully saturated rings. The molecule has 158 valence electrons. The van der Waals surface area contributed by atoms with Crippen molar-refractivity contribution in [2.75, 3.05) is 19.6 Å². The average molecular weight is 405 g/mol. The van der Waals surface area contributed by atoms with Gasteiger partial charge in [0.1, 0.15) is 0 Å². The Hall–Kier alpha value is -2.40. The van der Waals surface area contributed by atoms with Gasteiger partial charge in [-0.05, 0) is 80.4 Å². The van der Waals surface area contributed by atoms with Crippen LogP contribution in [0.25, 0.3) is 16.6 Å². The first-order valence-corrected chi connectivity index (χ1v) is 11.6. The van der Waals surface area contributed by atoms with Gasteiger partial charge in [-0.3, -0.25) is 14.0 Å². The van der Waals surface area contributed by atoms with E-state index in [0.29, 0.717) is 5.92 Å². The summed E-state index contributed by atoms with van der Waals surface area (Å²) < 4.78 is 3.85. The van der Waals surface area contributed by atoms with Crippen molar-refractivity contribution in [2.45, 2.75) is 57.9 Å². The lowest BCUT2D eigenvalue weighted by Gasteiger charge is -2.26. The van der Waals surface area contributed by atoms with E-state index in [0.717, 1.165) is 35.6 Å². The minimum absolute atomic E-state index is 0.0619. The van der Waals surface area contributed by atoms with Crippen LogP contribution in [0.5, 0.6) is 0 Å². The zero-order chi connectivity index (χ0) is 20.5. The molecule has 2 aromatic heterocycles. The van der Waals surface area contributed by atoms with Crippen molar-refractivity contribution in [1.82, 2.24) is 19.2 Å². The van der Waals surface area contributed by atoms with Crippen LogP contribution in [0.15, 0.2) is 47.5 Å². The molecule has 1 aliphatic heterocycles. The van der Waals surface area contributed by atoms with Crippen molar-refractivity contribution in [2.24, 2.45) is 5.92 Å². The third-order valence-corrected chi connectivity index (χ3v) is 7.16. The molecule has 0 N–H and O–H groups in total. The molecule has 0 spiro atoms. The third-order valence-electron chi connectivity index (χ3n) is 7.16. The Bertz CT molecular complexity index is 1070. The highest BCUT2D eigenvalue weighted by molar-refractivity contribution is 5.80. The zero-order valence-electron chi connectivity index (χ0n) is 18.0. The second kappa shape index (κ2) is 8.38. The summed E-state index contributed by atoms with van der Waals surface area (Å²) in [6, 6.07) is 10.2. The first-order valence-electron chi connectivity index (χ1n) is 11.6. The van der Waals surface area contributed by atoms with Crippen LogP contribution in [0.3, 0.4) is 0 Å². The van der Waals surface area contributed by atoms with Crippen molar-refractivity contribution >= 4 is 10.9 Å². The van der Waals surface area contributed by atoms with Crippen LogP contribution in [-0.4, -0.2) is 38.9 Å². The molecular weight excluding hydrogens is 372 g/mol. The Morgan fingerprint density at radius 3 is 2.57 bits per heavy atom. The van der Waals surface area contributed by atoms with Crippen LogP contribution < -0.4 is 5.56 Å². The van der Waals surface area contributed by atoms with Crippen LogP contribution in [0.1, 0.15) is 56.9 Å². The van der Waals surface area contributed by atoms with Crippen LogP contribution in [0.4, 0.5) is 0 Å². The molecule has 3 heterocycles. The molecule has 0 bridgehead atoms. The maximum Gasteiger partial charge on any atom is 0.255 e. The third kappa shape index (κ3) is 3.95. The minimum Gasteiger partial charge on any atom is -0.301 e. The van der Waals surface area contributed by atoms with Crippen molar-refractivity contribution in [1.29, 1.82) is 0 Å². The number of aromatic nitrogens is 3. The predicted molar refractivity (Wildman–Crippen MR) is 121 cm³/mol. The Balaban J connectivity index is 1.35. The van der Waals surface area contributed by atoms with E-state index in [9.17, 15) is 4.79 Å². The van der Waals surface area contributed by atoms with E-state index >= 15 is 0 Å². The number of nitrogens with zero attached hydrogens (tertiary/aromatic N) is 4. The number of rotatable bonds is 5. The van der Waals surface area contributed by atoms with Crippen LogP contribution in [0, 0.1) is 5.92 Å². The lowest BCUT2D eigenvalue weighted by Crippen LogP contribution is -2.24. The number of likely N-dealkylation sites (tertiary alicyclic amines) is 1. The van der Waals surface area contributed by atoms with E-state index in [2.05, 4.69) is 39.8 Å². The summed E-state index contributed by atoms with van der Waals surface area (Å²) in [6.45, 7) is 6.72. The summed E-state index contributed by atoms with van der Waals surface area (Å²) in [5.41, 5.74) is 3.32. The molecule has 3 aromatic rings. The molecule has 5 rings (SSSR count). The molecule has 1 saturated carbocycles. The summed E-state index contributed by atoms with van der Waals surface area (Å²) in [7, 11) is 0. The Morgan fingerprint density at radius 2 is 1.80 bits per heavy atom. The smallest absolute Gasteiger partial charge is 0.255 e. The van der Waals surface area contributed by atoms with E-state index < -0.39 is 0 Å². The molecule has 1 aliphatic carbocycles. The van der Waals surface area contributed by atoms with Gasteiger partial charge in [-0.2, -0.15) is 5.10 Å². The molecule has 5 heteroatoms. The van der Waals surface area contributed by atoms with Gasteiger partial charge < -0.3 is 4.90 Å². The average Bonchev–Trinajstić information content (AvgIpc) is 3.42. The lowest BCUT2D eigenvalue weighted by molar-refractivity contribution is 0.318. The normalized spacial score (nSPS) is 22.7. The molecular formula is C25H32N4O. The maximum absolute atomic E-state index is 12.9. The molecule has 0 radical (unpaired) electrons. The fourth-order valence-corrected chi connectivity index (χ4v) is 5.20. The molecule has 5 nitrogen and oxygen atoms in total. The molecule has 2 aliphatic rings. The standard InChI is InChI=1S/C25H32N4O/c1-19-4-6-20(7-5-19)21-10-13-28(25(30)17-21)23-8-9-24-22(16-23)18-26-29(24)15-14-27-11-2-3-12-27/h8-10,13,16-20H,2-7,11-12,14-15H2,1H3. The first kappa shape index (κ1) is 19.6. The van der Waals surface area contributed by atoms with Crippen LogP contribution in [0.2, 0.25) is 0 Å². The fraction of sp³-hybridized carbons (Fsp3) is 0.520. The van der Waals surface area contributed by atoms with Gasteiger partial charge in [-0.1, -0.05) is 19.8 Å². The van der Waals surface area contributed by atoms with Gasteiger partial charge in [-0.25, -0.2) is 0 Å². The van der Waals surface area contributed by atoms with Gasteiger partial charge >= 0.3 is 0 Å². The quantitative estimate of drug-likeness (QED) is 0.625. The highest BCUT2D eigenvalue weighted by Crippen LogP contribution is 2.35. The zero-order valence-corrected chi connectivity index (χ0v) is 18.0. The highest BCUT2D eigenvalue weighted by Gasteiger charge is 2.20. The van der Waals surface area contributed by atoms with Crippen molar-refractivity contribution in [3.63, 3.8) is 0 Å². The maximum atomic E-state index is 12.9. The molecule has 1 saturated heterocycles. The predicted octanol–water partition coefficient (Wildman–Crippen LogP) is 4.58. The van der Waals surface area contributed by atoms with Crippen molar-refractivity contribution in [3.8, 4) is 5.69 Å². The van der Waals surface area contributed by atoms with Gasteiger partial charge in [0.05, 0.1) is 18.3 Å². The second-order valence-corrected chi connectivity index (χ2v) is 9.28. The van der Waals surface area contributed by atoms with E-state index in [1.165, 1.54) is 57.2 Å². The molecule has 1 aromatic carbocycles. The summed E-state index contributed by atoms with van der Waals surface area (Å²) >= 11 is 0. The Kier molecular flexibility index (Phi) is 5.47. The van der Waals surface area contributed by atoms with E-state index in [-0.39, 0.29) is 5.56 Å². The van der Waals surface area contributed by atoms with Gasteiger partial charge in [-0.15, -0.1) is 0 Å². The van der Waals surface area contributed by atoms with E-state index in [1.54, 1.807) is 4.57 Å². The monoisotopic (exact) mass is 404 g/mol. The minimum atomic E-state index is 0.0619. The van der Waals surface area contributed by atoms with E-state index in [1.807, 2.05) is 24.5 Å². The lowest BCUT2D eigenvalue weighted by atomic mass is 9.80. The largest absolute Gasteiger partial charge is 0.301 e. The number of fused-ring (bicyclic) bond motifs is 1.